The lowest BCUT2D eigenvalue weighted by atomic mass is 9.63. The van der Waals surface area contributed by atoms with E-state index in [0.717, 1.165) is 19.3 Å². The number of likely N-dealkylation sites (tertiary alicyclic amines) is 1. The molecule has 7 nitrogen and oxygen atoms in total. The van der Waals surface area contributed by atoms with Crippen molar-refractivity contribution in [2.45, 2.75) is 25.2 Å². The van der Waals surface area contributed by atoms with Crippen LogP contribution in [0.5, 0.6) is 0 Å². The molecular weight excluding hydrogens is 464 g/mol. The van der Waals surface area contributed by atoms with E-state index in [9.17, 15) is 19.5 Å². The van der Waals surface area contributed by atoms with Crippen LogP contribution in [0.15, 0.2) is 48.5 Å². The van der Waals surface area contributed by atoms with Crippen molar-refractivity contribution in [2.24, 2.45) is 11.3 Å². The molecule has 2 fully saturated rings. The van der Waals surface area contributed by atoms with E-state index in [2.05, 4.69) is 29.6 Å². The maximum Gasteiger partial charge on any atom is 0.407 e. The summed E-state index contributed by atoms with van der Waals surface area (Å²) in [6.07, 6.45) is 2.37. The van der Waals surface area contributed by atoms with Gasteiger partial charge in [-0.1, -0.05) is 55.0 Å². The number of thioether (sulfide) groups is 1. The van der Waals surface area contributed by atoms with Crippen LogP contribution in [0.3, 0.4) is 0 Å². The zero-order chi connectivity index (χ0) is 24.4. The molecule has 1 saturated heterocycles. The van der Waals surface area contributed by atoms with E-state index in [1.54, 1.807) is 4.90 Å². The van der Waals surface area contributed by atoms with Crippen molar-refractivity contribution in [3.63, 3.8) is 0 Å². The van der Waals surface area contributed by atoms with Crippen LogP contribution in [-0.4, -0.2) is 65.7 Å². The number of carbonyl (C=O) groups is 3. The molecule has 1 unspecified atom stereocenters. The Morgan fingerprint density at radius 2 is 1.71 bits per heavy atom. The van der Waals surface area contributed by atoms with Crippen LogP contribution in [-0.2, 0) is 14.3 Å². The fourth-order valence-electron chi connectivity index (χ4n) is 5.76. The lowest BCUT2D eigenvalue weighted by molar-refractivity contribution is -0.146. The molecule has 35 heavy (non-hydrogen) atoms. The number of rotatable bonds is 8. The van der Waals surface area contributed by atoms with E-state index >= 15 is 0 Å². The largest absolute Gasteiger partial charge is 0.481 e. The summed E-state index contributed by atoms with van der Waals surface area (Å²) in [5.41, 5.74) is 4.51. The van der Waals surface area contributed by atoms with Crippen molar-refractivity contribution in [1.82, 2.24) is 10.2 Å². The van der Waals surface area contributed by atoms with Crippen LogP contribution in [0.25, 0.3) is 11.1 Å². The van der Waals surface area contributed by atoms with Gasteiger partial charge in [-0.3, -0.25) is 9.59 Å². The first-order valence-corrected chi connectivity index (χ1v) is 13.3. The van der Waals surface area contributed by atoms with E-state index in [-0.39, 0.29) is 29.6 Å². The quantitative estimate of drug-likeness (QED) is 0.539. The van der Waals surface area contributed by atoms with Crippen molar-refractivity contribution in [3.05, 3.63) is 59.7 Å². The summed E-state index contributed by atoms with van der Waals surface area (Å²) in [6.45, 7) is 1.54. The molecule has 0 bridgehead atoms. The summed E-state index contributed by atoms with van der Waals surface area (Å²) in [6, 6.07) is 16.4. The highest BCUT2D eigenvalue weighted by molar-refractivity contribution is 7.99. The van der Waals surface area contributed by atoms with Crippen molar-refractivity contribution in [2.75, 3.05) is 37.7 Å². The highest BCUT2D eigenvalue weighted by Crippen LogP contribution is 2.51. The molecule has 0 aromatic heterocycles. The third-order valence-corrected chi connectivity index (χ3v) is 8.68. The minimum Gasteiger partial charge on any atom is -0.481 e. The number of aliphatic carboxylic acids is 1. The number of nitrogens with zero attached hydrogens (tertiary/aromatic N) is 1. The molecule has 2 aromatic rings. The number of fused-ring (bicyclic) bond motifs is 3. The van der Waals surface area contributed by atoms with Gasteiger partial charge in [0.15, 0.2) is 0 Å². The Balaban J connectivity index is 1.03. The highest BCUT2D eigenvalue weighted by Gasteiger charge is 2.54. The third kappa shape index (κ3) is 4.63. The van der Waals surface area contributed by atoms with Gasteiger partial charge < -0.3 is 20.1 Å². The molecule has 1 aliphatic heterocycles. The number of carboxylic acid groups (broad SMARTS) is 1. The zero-order valence-electron chi connectivity index (χ0n) is 19.6. The average molecular weight is 495 g/mol. The fraction of sp³-hybridized carbons (Fsp3) is 0.444. The summed E-state index contributed by atoms with van der Waals surface area (Å²) in [7, 11) is 0. The Kier molecular flexibility index (Phi) is 6.73. The first kappa shape index (κ1) is 23.7. The fourth-order valence-corrected chi connectivity index (χ4v) is 6.51. The Labute approximate surface area is 209 Å². The molecule has 2 N–H and O–H groups in total. The van der Waals surface area contributed by atoms with E-state index in [1.807, 2.05) is 24.3 Å². The Hall–Kier alpha value is -3.00. The van der Waals surface area contributed by atoms with Gasteiger partial charge in [0.1, 0.15) is 6.61 Å². The second-order valence-electron chi connectivity index (χ2n) is 9.69. The van der Waals surface area contributed by atoms with E-state index in [0.29, 0.717) is 25.4 Å². The van der Waals surface area contributed by atoms with Gasteiger partial charge in [0.2, 0.25) is 5.91 Å². The predicted octanol–water partition coefficient (Wildman–Crippen LogP) is 3.97. The van der Waals surface area contributed by atoms with Crippen LogP contribution in [0.4, 0.5) is 4.79 Å². The molecule has 1 heterocycles. The minimum absolute atomic E-state index is 0.0221. The molecule has 8 heteroatoms. The first-order chi connectivity index (χ1) is 17.0. The molecule has 1 spiro atoms. The van der Waals surface area contributed by atoms with Crippen LogP contribution in [0.1, 0.15) is 36.3 Å². The maximum absolute atomic E-state index is 12.6. The molecule has 3 aliphatic rings. The normalized spacial score (nSPS) is 19.7. The molecular formula is C27H30N2O5S. The number of amides is 2. The summed E-state index contributed by atoms with van der Waals surface area (Å²) in [4.78, 5) is 38.2. The topological polar surface area (TPSA) is 95.9 Å². The standard InChI is InChI=1S/C27H30N2O5S/c30-24(29-14-23(25(31)32)27(17-29)10-5-11-27)16-35-13-12-28-26(33)34-15-22-20-8-3-1-6-18(20)19-7-2-4-9-21(19)22/h1-4,6-9,22-23H,5,10-17H2,(H,28,33)(H,31,32). The van der Waals surface area contributed by atoms with Gasteiger partial charge in [-0.15, -0.1) is 0 Å². The summed E-state index contributed by atoms with van der Waals surface area (Å²) < 4.78 is 5.53. The molecule has 2 aliphatic carbocycles. The molecule has 1 atom stereocenters. The van der Waals surface area contributed by atoms with Gasteiger partial charge in [0.25, 0.3) is 0 Å². The molecule has 0 radical (unpaired) electrons. The first-order valence-electron chi connectivity index (χ1n) is 12.2. The summed E-state index contributed by atoms with van der Waals surface area (Å²) in [5, 5.41) is 12.3. The van der Waals surface area contributed by atoms with Crippen LogP contribution >= 0.6 is 11.8 Å². The molecule has 5 rings (SSSR count). The van der Waals surface area contributed by atoms with Gasteiger partial charge in [-0.25, -0.2) is 4.79 Å². The average Bonchev–Trinajstić information content (AvgIpc) is 3.40. The second kappa shape index (κ2) is 9.93. The molecule has 2 amide bonds. The number of carbonyl (C=O) groups excluding carboxylic acids is 2. The number of hydrogen-bond acceptors (Lipinski definition) is 5. The number of benzene rings is 2. The smallest absolute Gasteiger partial charge is 0.407 e. The third-order valence-electron chi connectivity index (χ3n) is 7.73. The van der Waals surface area contributed by atoms with E-state index < -0.39 is 18.0 Å². The highest BCUT2D eigenvalue weighted by atomic mass is 32.2. The van der Waals surface area contributed by atoms with E-state index in [4.69, 9.17) is 4.74 Å². The molecule has 184 valence electrons. The van der Waals surface area contributed by atoms with Crippen LogP contribution < -0.4 is 5.32 Å². The SMILES string of the molecule is O=C(NCCSCC(=O)N1CC(C(=O)O)C2(CCC2)C1)OCC1c2ccccc2-c2ccccc21. The molecule has 1 saturated carbocycles. The monoisotopic (exact) mass is 494 g/mol. The molecule has 2 aromatic carbocycles. The zero-order valence-corrected chi connectivity index (χ0v) is 20.4. The van der Waals surface area contributed by atoms with Crippen LogP contribution in [0.2, 0.25) is 0 Å². The van der Waals surface area contributed by atoms with Crippen molar-refractivity contribution < 1.29 is 24.2 Å². The minimum atomic E-state index is -0.792. The number of nitrogens with one attached hydrogen (secondary N) is 1. The number of alkyl carbamates (subject to hydrolysis) is 1. The lowest BCUT2D eigenvalue weighted by Crippen LogP contribution is -2.41. The van der Waals surface area contributed by atoms with Crippen molar-refractivity contribution in [3.8, 4) is 11.1 Å². The second-order valence-corrected chi connectivity index (χ2v) is 10.8. The van der Waals surface area contributed by atoms with Gasteiger partial charge in [-0.2, -0.15) is 11.8 Å². The van der Waals surface area contributed by atoms with Gasteiger partial charge in [0, 0.05) is 36.7 Å². The van der Waals surface area contributed by atoms with Gasteiger partial charge in [-0.05, 0) is 35.1 Å². The van der Waals surface area contributed by atoms with Gasteiger partial charge in [0.05, 0.1) is 11.7 Å². The Bertz CT molecular complexity index is 1090. The summed E-state index contributed by atoms with van der Waals surface area (Å²) >= 11 is 1.44. The number of hydrogen-bond donors (Lipinski definition) is 2. The van der Waals surface area contributed by atoms with Crippen molar-refractivity contribution >= 4 is 29.7 Å². The predicted molar refractivity (Wildman–Crippen MR) is 134 cm³/mol. The van der Waals surface area contributed by atoms with Crippen molar-refractivity contribution in [1.29, 1.82) is 0 Å². The van der Waals surface area contributed by atoms with Gasteiger partial charge >= 0.3 is 12.1 Å². The summed E-state index contributed by atoms with van der Waals surface area (Å²) in [5.74, 6) is -0.368. The lowest BCUT2D eigenvalue weighted by Gasteiger charge is -2.40. The number of carboxylic acids is 1. The Morgan fingerprint density at radius 1 is 1.06 bits per heavy atom. The van der Waals surface area contributed by atoms with E-state index in [1.165, 1.54) is 34.0 Å². The van der Waals surface area contributed by atoms with Crippen LogP contribution in [0, 0.1) is 11.3 Å². The maximum atomic E-state index is 12.6. The Morgan fingerprint density at radius 3 is 2.29 bits per heavy atom. The number of ether oxygens (including phenoxy) is 1.